The summed E-state index contributed by atoms with van der Waals surface area (Å²) >= 11 is 5.64. The van der Waals surface area contributed by atoms with E-state index < -0.39 is 6.09 Å². The Morgan fingerprint density at radius 1 is 1.56 bits per heavy atom. The van der Waals surface area contributed by atoms with E-state index in [1.54, 1.807) is 31.2 Å². The van der Waals surface area contributed by atoms with Gasteiger partial charge in [0, 0.05) is 5.56 Å². The summed E-state index contributed by atoms with van der Waals surface area (Å²) < 4.78 is 0. The molecule has 1 aromatic rings. The molecule has 0 bridgehead atoms. The number of benzene rings is 1. The Labute approximate surface area is 97.3 Å². The quantitative estimate of drug-likeness (QED) is 0.432. The number of nitrogens with one attached hydrogen (secondary N) is 1. The third-order valence-electron chi connectivity index (χ3n) is 2.05. The molecule has 0 radical (unpaired) electrons. The molecule has 0 saturated carbocycles. The Morgan fingerprint density at radius 2 is 2.25 bits per heavy atom. The van der Waals surface area contributed by atoms with E-state index in [1.165, 1.54) is 0 Å². The van der Waals surface area contributed by atoms with Crippen molar-refractivity contribution in [3.63, 3.8) is 0 Å². The topological polar surface area (TPSA) is 81.9 Å². The number of halogens is 1. The van der Waals surface area contributed by atoms with Crippen molar-refractivity contribution >= 4 is 22.9 Å². The number of hydrogen-bond donors (Lipinski definition) is 3. The Bertz CT molecular complexity index is 420. The van der Waals surface area contributed by atoms with Gasteiger partial charge in [-0.25, -0.2) is 4.79 Å². The van der Waals surface area contributed by atoms with Gasteiger partial charge in [-0.05, 0) is 18.6 Å². The molecular formula is C10H11ClN2O3. The Kier molecular flexibility index (Phi) is 4.13. The maximum atomic E-state index is 10.5. The summed E-state index contributed by atoms with van der Waals surface area (Å²) in [6.45, 7) is 1.71. The maximum Gasteiger partial charge on any atom is 0.405 e. The van der Waals surface area contributed by atoms with Crippen LogP contribution in [0.5, 0.6) is 0 Å². The first-order chi connectivity index (χ1) is 7.54. The van der Waals surface area contributed by atoms with Crippen molar-refractivity contribution < 1.29 is 15.1 Å². The fourth-order valence-electron chi connectivity index (χ4n) is 1.26. The number of oxime groups is 1. The van der Waals surface area contributed by atoms with Gasteiger partial charge in [0.1, 0.15) is 0 Å². The lowest BCUT2D eigenvalue weighted by molar-refractivity contribution is 0.191. The summed E-state index contributed by atoms with van der Waals surface area (Å²) in [4.78, 5) is 10.5. The van der Waals surface area contributed by atoms with E-state index in [9.17, 15) is 4.79 Å². The summed E-state index contributed by atoms with van der Waals surface area (Å²) in [6.07, 6.45) is -1.10. The normalized spacial score (nSPS) is 13.2. The van der Waals surface area contributed by atoms with Crippen molar-refractivity contribution in [1.82, 2.24) is 5.32 Å². The van der Waals surface area contributed by atoms with Crippen molar-refractivity contribution in [3.8, 4) is 0 Å². The van der Waals surface area contributed by atoms with Gasteiger partial charge in [-0.2, -0.15) is 0 Å². The fraction of sp³-hybridized carbons (Fsp3) is 0.200. The zero-order valence-corrected chi connectivity index (χ0v) is 9.27. The van der Waals surface area contributed by atoms with Crippen molar-refractivity contribution in [2.24, 2.45) is 5.16 Å². The molecule has 0 aliphatic carbocycles. The number of carbonyl (C=O) groups is 1. The molecule has 0 aromatic heterocycles. The van der Waals surface area contributed by atoms with Crippen LogP contribution in [0.4, 0.5) is 4.79 Å². The number of carboxylic acid groups (broad SMARTS) is 1. The van der Waals surface area contributed by atoms with E-state index in [1.807, 2.05) is 0 Å². The van der Waals surface area contributed by atoms with Gasteiger partial charge in [0.2, 0.25) is 0 Å². The van der Waals surface area contributed by atoms with Gasteiger partial charge in [0.25, 0.3) is 0 Å². The van der Waals surface area contributed by atoms with Gasteiger partial charge < -0.3 is 15.6 Å². The minimum absolute atomic E-state index is 0.0376. The highest BCUT2D eigenvalue weighted by molar-refractivity contribution is 6.69. The second-order valence-corrected chi connectivity index (χ2v) is 3.55. The molecule has 0 aliphatic rings. The van der Waals surface area contributed by atoms with Crippen LogP contribution in [0.2, 0.25) is 0 Å². The molecule has 0 aliphatic heterocycles. The molecule has 0 spiro atoms. The Morgan fingerprint density at radius 3 is 2.81 bits per heavy atom. The van der Waals surface area contributed by atoms with Crippen molar-refractivity contribution in [3.05, 3.63) is 35.4 Å². The zero-order valence-electron chi connectivity index (χ0n) is 8.51. The molecule has 0 saturated heterocycles. The molecule has 3 N–H and O–H groups in total. The van der Waals surface area contributed by atoms with Gasteiger partial charge in [0.15, 0.2) is 5.17 Å². The number of nitrogens with zero attached hydrogens (tertiary/aromatic N) is 1. The van der Waals surface area contributed by atoms with Crippen LogP contribution in [0.15, 0.2) is 29.4 Å². The molecule has 0 heterocycles. The summed E-state index contributed by atoms with van der Waals surface area (Å²) in [7, 11) is 0. The average molecular weight is 243 g/mol. The molecule has 6 heteroatoms. The average Bonchev–Trinajstić information content (AvgIpc) is 2.27. The van der Waals surface area contributed by atoms with Crippen LogP contribution in [0, 0.1) is 0 Å². The molecule has 0 fully saturated rings. The van der Waals surface area contributed by atoms with Crippen LogP contribution in [-0.2, 0) is 0 Å². The van der Waals surface area contributed by atoms with Gasteiger partial charge >= 0.3 is 6.09 Å². The number of rotatable bonds is 3. The van der Waals surface area contributed by atoms with Crippen LogP contribution in [0.25, 0.3) is 0 Å². The first-order valence-corrected chi connectivity index (χ1v) is 4.89. The minimum Gasteiger partial charge on any atom is -0.465 e. The smallest absolute Gasteiger partial charge is 0.405 e. The highest BCUT2D eigenvalue weighted by atomic mass is 35.5. The lowest BCUT2D eigenvalue weighted by Gasteiger charge is -2.12. The van der Waals surface area contributed by atoms with E-state index >= 15 is 0 Å². The fourth-order valence-corrected chi connectivity index (χ4v) is 1.38. The number of hydrogen-bond acceptors (Lipinski definition) is 3. The van der Waals surface area contributed by atoms with Crippen molar-refractivity contribution in [1.29, 1.82) is 0 Å². The highest BCUT2D eigenvalue weighted by Gasteiger charge is 2.09. The summed E-state index contributed by atoms with van der Waals surface area (Å²) in [5, 5.41) is 22.2. The molecule has 86 valence electrons. The van der Waals surface area contributed by atoms with E-state index in [0.29, 0.717) is 5.56 Å². The molecular weight excluding hydrogens is 232 g/mol. The second-order valence-electron chi connectivity index (χ2n) is 3.19. The highest BCUT2D eigenvalue weighted by Crippen LogP contribution is 2.15. The predicted octanol–water partition coefficient (Wildman–Crippen LogP) is 2.39. The van der Waals surface area contributed by atoms with Crippen LogP contribution in [0.1, 0.15) is 24.1 Å². The van der Waals surface area contributed by atoms with Crippen LogP contribution < -0.4 is 5.32 Å². The molecule has 5 nitrogen and oxygen atoms in total. The van der Waals surface area contributed by atoms with Crippen molar-refractivity contribution in [2.75, 3.05) is 0 Å². The van der Waals surface area contributed by atoms with Gasteiger partial charge in [0.05, 0.1) is 6.04 Å². The maximum absolute atomic E-state index is 10.5. The van der Waals surface area contributed by atoms with E-state index in [2.05, 4.69) is 10.5 Å². The molecule has 1 unspecified atom stereocenters. The minimum atomic E-state index is -1.10. The Balaban J connectivity index is 2.94. The van der Waals surface area contributed by atoms with Crippen LogP contribution >= 0.6 is 11.6 Å². The van der Waals surface area contributed by atoms with Gasteiger partial charge in [-0.1, -0.05) is 35.0 Å². The summed E-state index contributed by atoms with van der Waals surface area (Å²) in [5.41, 5.74) is 1.27. The van der Waals surface area contributed by atoms with Gasteiger partial charge in [-0.3, -0.25) is 0 Å². The Hall–Kier alpha value is -1.75. The van der Waals surface area contributed by atoms with E-state index in [0.717, 1.165) is 5.56 Å². The molecule has 1 atom stereocenters. The first-order valence-electron chi connectivity index (χ1n) is 4.52. The monoisotopic (exact) mass is 242 g/mol. The third kappa shape index (κ3) is 3.13. The van der Waals surface area contributed by atoms with E-state index in [-0.39, 0.29) is 11.2 Å². The molecule has 1 rings (SSSR count). The van der Waals surface area contributed by atoms with Gasteiger partial charge in [-0.15, -0.1) is 0 Å². The largest absolute Gasteiger partial charge is 0.465 e. The molecule has 1 aromatic carbocycles. The summed E-state index contributed by atoms with van der Waals surface area (Å²) in [5.74, 6) is 0. The molecule has 16 heavy (non-hydrogen) atoms. The lowest BCUT2D eigenvalue weighted by atomic mass is 10.1. The lowest BCUT2D eigenvalue weighted by Crippen LogP contribution is -2.24. The third-order valence-corrected chi connectivity index (χ3v) is 2.35. The molecule has 1 amide bonds. The first kappa shape index (κ1) is 12.3. The van der Waals surface area contributed by atoms with Crippen molar-refractivity contribution in [2.45, 2.75) is 13.0 Å². The van der Waals surface area contributed by atoms with Crippen LogP contribution in [0.3, 0.4) is 0 Å². The standard InChI is InChI=1S/C10H11ClN2O3/c1-6(12-10(14)15)7-3-2-4-8(5-7)9(11)13-16/h2-6,12,16H,1H3,(H,14,15). The SMILES string of the molecule is CC(NC(=O)O)c1cccc(C(Cl)=NO)c1. The number of amides is 1. The second kappa shape index (κ2) is 5.37. The zero-order chi connectivity index (χ0) is 12.1. The predicted molar refractivity (Wildman–Crippen MR) is 60.2 cm³/mol. The van der Waals surface area contributed by atoms with E-state index in [4.69, 9.17) is 21.9 Å². The summed E-state index contributed by atoms with van der Waals surface area (Å²) in [6, 6.07) is 6.42. The van der Waals surface area contributed by atoms with Crippen LogP contribution in [-0.4, -0.2) is 21.6 Å².